The van der Waals surface area contributed by atoms with Crippen LogP contribution in [0.1, 0.15) is 30.1 Å². The van der Waals surface area contributed by atoms with Crippen molar-refractivity contribution in [2.45, 2.75) is 31.8 Å². The lowest BCUT2D eigenvalue weighted by atomic mass is 9.92. The number of carbonyl (C=O) groups excluding carboxylic acids is 1. The van der Waals surface area contributed by atoms with E-state index in [0.29, 0.717) is 12.4 Å². The van der Waals surface area contributed by atoms with Gasteiger partial charge in [0.25, 0.3) is 0 Å². The van der Waals surface area contributed by atoms with Gasteiger partial charge in [-0.15, -0.1) is 0 Å². The second kappa shape index (κ2) is 5.91. The van der Waals surface area contributed by atoms with Crippen molar-refractivity contribution in [3.8, 4) is 0 Å². The van der Waals surface area contributed by atoms with E-state index in [0.717, 1.165) is 17.7 Å². The minimum absolute atomic E-state index is 0.0587. The number of nitrogens with zero attached hydrogens (tertiary/aromatic N) is 2. The Balaban J connectivity index is 1.83. The molecule has 2 N–H and O–H groups in total. The van der Waals surface area contributed by atoms with Crippen molar-refractivity contribution in [1.29, 1.82) is 0 Å². The molecule has 1 amide bonds. The molecule has 1 aromatic carbocycles. The van der Waals surface area contributed by atoms with Gasteiger partial charge in [-0.1, -0.05) is 30.3 Å². The lowest BCUT2D eigenvalue weighted by Crippen LogP contribution is -2.45. The molecule has 5 heteroatoms. The fourth-order valence-electron chi connectivity index (χ4n) is 2.62. The Morgan fingerprint density at radius 2 is 2.05 bits per heavy atom. The van der Waals surface area contributed by atoms with Gasteiger partial charge in [0.05, 0.1) is 12.1 Å². The predicted octanol–water partition coefficient (Wildman–Crippen LogP) is 2.22. The van der Waals surface area contributed by atoms with E-state index >= 15 is 0 Å². The standard InChI is InChI=1S/C16H18N4O/c1-11-9-10-17-16(18-11)19-13-7-8-14(21)20-15(13)12-5-3-2-4-6-12/h2-6,9-10,13,15H,7-8H2,1H3,(H,20,21)(H,17,18,19)/t13-,15+/m1/s1. The van der Waals surface area contributed by atoms with Crippen molar-refractivity contribution < 1.29 is 4.79 Å². The summed E-state index contributed by atoms with van der Waals surface area (Å²) in [5.41, 5.74) is 2.01. The molecule has 2 heterocycles. The number of benzene rings is 1. The second-order valence-corrected chi connectivity index (χ2v) is 5.27. The van der Waals surface area contributed by atoms with Crippen LogP contribution < -0.4 is 10.6 Å². The van der Waals surface area contributed by atoms with E-state index in [9.17, 15) is 4.79 Å². The normalized spacial score (nSPS) is 21.7. The van der Waals surface area contributed by atoms with Crippen molar-refractivity contribution in [1.82, 2.24) is 15.3 Å². The summed E-state index contributed by atoms with van der Waals surface area (Å²) < 4.78 is 0. The smallest absolute Gasteiger partial charge is 0.223 e. The number of hydrogen-bond donors (Lipinski definition) is 2. The molecule has 1 aromatic heterocycles. The van der Waals surface area contributed by atoms with Crippen LogP contribution in [0.15, 0.2) is 42.6 Å². The van der Waals surface area contributed by atoms with E-state index in [2.05, 4.69) is 20.6 Å². The average Bonchev–Trinajstić information content (AvgIpc) is 2.50. The fourth-order valence-corrected chi connectivity index (χ4v) is 2.62. The van der Waals surface area contributed by atoms with Crippen LogP contribution >= 0.6 is 0 Å². The quantitative estimate of drug-likeness (QED) is 0.906. The third kappa shape index (κ3) is 3.18. The monoisotopic (exact) mass is 282 g/mol. The highest BCUT2D eigenvalue weighted by Gasteiger charge is 2.30. The highest BCUT2D eigenvalue weighted by Crippen LogP contribution is 2.26. The third-order valence-electron chi connectivity index (χ3n) is 3.67. The SMILES string of the molecule is Cc1ccnc(N[C@@H]2CCC(=O)N[C@H]2c2ccccc2)n1. The van der Waals surface area contributed by atoms with Gasteiger partial charge < -0.3 is 10.6 Å². The first-order chi connectivity index (χ1) is 10.2. The number of amides is 1. The molecule has 0 aliphatic carbocycles. The molecule has 1 saturated heterocycles. The molecule has 0 radical (unpaired) electrons. The summed E-state index contributed by atoms with van der Waals surface area (Å²) in [7, 11) is 0. The van der Waals surface area contributed by atoms with Crippen LogP contribution in [0.2, 0.25) is 0 Å². The molecule has 0 saturated carbocycles. The van der Waals surface area contributed by atoms with Crippen molar-refractivity contribution >= 4 is 11.9 Å². The van der Waals surface area contributed by atoms with E-state index in [1.807, 2.05) is 43.3 Å². The summed E-state index contributed by atoms with van der Waals surface area (Å²) >= 11 is 0. The molecule has 0 unspecified atom stereocenters. The molecule has 0 spiro atoms. The molecular formula is C16H18N4O. The maximum absolute atomic E-state index is 11.7. The summed E-state index contributed by atoms with van der Waals surface area (Å²) in [4.78, 5) is 20.4. The number of carbonyl (C=O) groups is 1. The summed E-state index contributed by atoms with van der Waals surface area (Å²) in [5.74, 6) is 0.698. The van der Waals surface area contributed by atoms with E-state index in [-0.39, 0.29) is 18.0 Å². The molecule has 5 nitrogen and oxygen atoms in total. The minimum atomic E-state index is -0.0587. The van der Waals surface area contributed by atoms with Crippen LogP contribution in [0.25, 0.3) is 0 Å². The van der Waals surface area contributed by atoms with Gasteiger partial charge in [-0.25, -0.2) is 9.97 Å². The average molecular weight is 282 g/mol. The lowest BCUT2D eigenvalue weighted by Gasteiger charge is -2.33. The molecule has 1 fully saturated rings. The predicted molar refractivity (Wildman–Crippen MR) is 80.7 cm³/mol. The maximum atomic E-state index is 11.7. The summed E-state index contributed by atoms with van der Waals surface area (Å²) in [5, 5.41) is 6.41. The topological polar surface area (TPSA) is 66.9 Å². The number of nitrogens with one attached hydrogen (secondary N) is 2. The van der Waals surface area contributed by atoms with Crippen LogP contribution in [0.5, 0.6) is 0 Å². The van der Waals surface area contributed by atoms with Crippen molar-refractivity contribution in [3.63, 3.8) is 0 Å². The van der Waals surface area contributed by atoms with Crippen molar-refractivity contribution in [3.05, 3.63) is 53.9 Å². The molecule has 1 aliphatic heterocycles. The van der Waals surface area contributed by atoms with Gasteiger partial charge in [0.2, 0.25) is 11.9 Å². The van der Waals surface area contributed by atoms with Gasteiger partial charge in [-0.05, 0) is 25.0 Å². The summed E-state index contributed by atoms with van der Waals surface area (Å²) in [6, 6.07) is 11.9. The van der Waals surface area contributed by atoms with E-state index < -0.39 is 0 Å². The summed E-state index contributed by atoms with van der Waals surface area (Å²) in [6.45, 7) is 1.93. The van der Waals surface area contributed by atoms with E-state index in [4.69, 9.17) is 0 Å². The molecule has 2 aromatic rings. The summed E-state index contributed by atoms with van der Waals surface area (Å²) in [6.07, 6.45) is 3.03. The molecule has 2 atom stereocenters. The largest absolute Gasteiger partial charge is 0.349 e. The fraction of sp³-hybridized carbons (Fsp3) is 0.312. The molecular weight excluding hydrogens is 264 g/mol. The Kier molecular flexibility index (Phi) is 3.81. The molecule has 108 valence electrons. The number of rotatable bonds is 3. The van der Waals surface area contributed by atoms with Gasteiger partial charge in [-0.2, -0.15) is 0 Å². The zero-order valence-corrected chi connectivity index (χ0v) is 11.9. The Morgan fingerprint density at radius 3 is 2.81 bits per heavy atom. The Bertz CT molecular complexity index is 629. The maximum Gasteiger partial charge on any atom is 0.223 e. The number of hydrogen-bond acceptors (Lipinski definition) is 4. The van der Waals surface area contributed by atoms with Crippen LogP contribution in [-0.2, 0) is 4.79 Å². The second-order valence-electron chi connectivity index (χ2n) is 5.27. The van der Waals surface area contributed by atoms with E-state index in [1.54, 1.807) is 6.20 Å². The Morgan fingerprint density at radius 1 is 1.24 bits per heavy atom. The van der Waals surface area contributed by atoms with Crippen LogP contribution in [0.3, 0.4) is 0 Å². The molecule has 21 heavy (non-hydrogen) atoms. The third-order valence-corrected chi connectivity index (χ3v) is 3.67. The zero-order chi connectivity index (χ0) is 14.7. The van der Waals surface area contributed by atoms with Crippen molar-refractivity contribution in [2.75, 3.05) is 5.32 Å². The highest BCUT2D eigenvalue weighted by atomic mass is 16.1. The van der Waals surface area contributed by atoms with Crippen LogP contribution in [0, 0.1) is 6.92 Å². The first-order valence-corrected chi connectivity index (χ1v) is 7.13. The molecule has 1 aliphatic rings. The van der Waals surface area contributed by atoms with Crippen LogP contribution in [-0.4, -0.2) is 21.9 Å². The van der Waals surface area contributed by atoms with Gasteiger partial charge >= 0.3 is 0 Å². The van der Waals surface area contributed by atoms with Gasteiger partial charge in [-0.3, -0.25) is 4.79 Å². The number of aryl methyl sites for hydroxylation is 1. The lowest BCUT2D eigenvalue weighted by molar-refractivity contribution is -0.123. The van der Waals surface area contributed by atoms with E-state index in [1.165, 1.54) is 0 Å². The van der Waals surface area contributed by atoms with Crippen LogP contribution in [0.4, 0.5) is 5.95 Å². The number of aromatic nitrogens is 2. The van der Waals surface area contributed by atoms with Gasteiger partial charge in [0.15, 0.2) is 0 Å². The van der Waals surface area contributed by atoms with Crippen molar-refractivity contribution in [2.24, 2.45) is 0 Å². The number of piperidine rings is 1. The zero-order valence-electron chi connectivity index (χ0n) is 11.9. The molecule has 0 bridgehead atoms. The highest BCUT2D eigenvalue weighted by molar-refractivity contribution is 5.77. The first-order valence-electron chi connectivity index (χ1n) is 7.13. The first kappa shape index (κ1) is 13.5. The van der Waals surface area contributed by atoms with Gasteiger partial charge in [0.1, 0.15) is 0 Å². The number of anilines is 1. The molecule has 3 rings (SSSR count). The Labute approximate surface area is 123 Å². The Hall–Kier alpha value is -2.43. The van der Waals surface area contributed by atoms with Gasteiger partial charge in [0, 0.05) is 18.3 Å². The minimum Gasteiger partial charge on any atom is -0.349 e.